The second-order valence-corrected chi connectivity index (χ2v) is 5.23. The van der Waals surface area contributed by atoms with Gasteiger partial charge in [-0.15, -0.1) is 0 Å². The molecule has 3 nitrogen and oxygen atoms in total. The second kappa shape index (κ2) is 5.44. The molecule has 20 heavy (non-hydrogen) atoms. The van der Waals surface area contributed by atoms with Gasteiger partial charge in [-0.1, -0.05) is 36.4 Å². The molecule has 1 aromatic heterocycles. The molecule has 3 rings (SSSR count). The van der Waals surface area contributed by atoms with Gasteiger partial charge in [0.1, 0.15) is 0 Å². The average Bonchev–Trinajstić information content (AvgIpc) is 3.24. The van der Waals surface area contributed by atoms with E-state index in [4.69, 9.17) is 4.74 Å². The quantitative estimate of drug-likeness (QED) is 0.833. The summed E-state index contributed by atoms with van der Waals surface area (Å²) in [7, 11) is 0. The maximum Gasteiger partial charge on any atom is 0.0891 e. The Morgan fingerprint density at radius 2 is 2.10 bits per heavy atom. The van der Waals surface area contributed by atoms with Crippen molar-refractivity contribution in [2.75, 3.05) is 6.61 Å². The lowest BCUT2D eigenvalue weighted by molar-refractivity contribution is 0.108. The molecule has 1 heterocycles. The van der Waals surface area contributed by atoms with Gasteiger partial charge < -0.3 is 4.74 Å². The third-order valence-electron chi connectivity index (χ3n) is 3.91. The molecule has 0 amide bonds. The average molecular weight is 264 g/mol. The van der Waals surface area contributed by atoms with E-state index in [9.17, 15) is 5.26 Å². The summed E-state index contributed by atoms with van der Waals surface area (Å²) < 4.78 is 5.75. The number of benzene rings is 1. The van der Waals surface area contributed by atoms with Crippen molar-refractivity contribution in [1.29, 1.82) is 5.26 Å². The van der Waals surface area contributed by atoms with Crippen molar-refractivity contribution in [2.24, 2.45) is 5.92 Å². The summed E-state index contributed by atoms with van der Waals surface area (Å²) in [5.41, 5.74) is 1.79. The Labute approximate surface area is 118 Å². The van der Waals surface area contributed by atoms with Crippen molar-refractivity contribution in [3.8, 4) is 6.07 Å². The van der Waals surface area contributed by atoms with Gasteiger partial charge in [0, 0.05) is 18.3 Å². The lowest BCUT2D eigenvalue weighted by Gasteiger charge is -2.09. The topological polar surface area (TPSA) is 45.9 Å². The first-order chi connectivity index (χ1) is 9.85. The zero-order chi connectivity index (χ0) is 13.8. The van der Waals surface area contributed by atoms with E-state index in [0.29, 0.717) is 13.2 Å². The number of hydrogen-bond acceptors (Lipinski definition) is 3. The number of nitrogens with zero attached hydrogens (tertiary/aromatic N) is 2. The van der Waals surface area contributed by atoms with Crippen molar-refractivity contribution in [2.45, 2.75) is 18.4 Å². The second-order valence-electron chi connectivity index (χ2n) is 5.23. The van der Waals surface area contributed by atoms with Gasteiger partial charge in [-0.2, -0.15) is 5.26 Å². The zero-order valence-corrected chi connectivity index (χ0v) is 11.2. The molecule has 0 aliphatic heterocycles. The van der Waals surface area contributed by atoms with E-state index in [1.54, 1.807) is 12.4 Å². The monoisotopic (exact) mass is 264 g/mol. The summed E-state index contributed by atoms with van der Waals surface area (Å²) in [5, 5.41) is 9.46. The van der Waals surface area contributed by atoms with Crippen LogP contribution in [0.3, 0.4) is 0 Å². The van der Waals surface area contributed by atoms with E-state index in [2.05, 4.69) is 11.1 Å². The maximum atomic E-state index is 9.46. The molecule has 1 aliphatic rings. The highest BCUT2D eigenvalue weighted by Gasteiger charge is 2.56. The number of rotatable bonds is 5. The standard InChI is InChI=1S/C17H16N2O/c18-13-17(15-7-4-8-19-10-15)9-16(17)12-20-11-14-5-2-1-3-6-14/h1-8,10,16H,9,11-12H2/t16-,17+/m1/s1. The van der Waals surface area contributed by atoms with E-state index in [1.165, 1.54) is 0 Å². The minimum Gasteiger partial charge on any atom is -0.376 e. The molecule has 0 unspecified atom stereocenters. The van der Waals surface area contributed by atoms with Gasteiger partial charge in [-0.25, -0.2) is 0 Å². The largest absolute Gasteiger partial charge is 0.376 e. The molecule has 0 N–H and O–H groups in total. The Balaban J connectivity index is 1.57. The van der Waals surface area contributed by atoms with Gasteiger partial charge in [-0.3, -0.25) is 4.98 Å². The molecule has 1 aliphatic carbocycles. The number of aromatic nitrogens is 1. The summed E-state index contributed by atoms with van der Waals surface area (Å²) >= 11 is 0. The van der Waals surface area contributed by atoms with Crippen LogP contribution in [0.1, 0.15) is 17.5 Å². The molecule has 2 atom stereocenters. The predicted molar refractivity (Wildman–Crippen MR) is 75.7 cm³/mol. The van der Waals surface area contributed by atoms with Crippen molar-refractivity contribution in [3.63, 3.8) is 0 Å². The summed E-state index contributed by atoms with van der Waals surface area (Å²) in [4.78, 5) is 4.11. The molecule has 1 fully saturated rings. The van der Waals surface area contributed by atoms with Crippen LogP contribution in [-0.4, -0.2) is 11.6 Å². The van der Waals surface area contributed by atoms with Crippen molar-refractivity contribution < 1.29 is 4.74 Å². The Morgan fingerprint density at radius 3 is 2.80 bits per heavy atom. The highest BCUT2D eigenvalue weighted by molar-refractivity contribution is 5.39. The zero-order valence-electron chi connectivity index (χ0n) is 11.2. The highest BCUT2D eigenvalue weighted by Crippen LogP contribution is 2.53. The van der Waals surface area contributed by atoms with Crippen LogP contribution in [0.25, 0.3) is 0 Å². The van der Waals surface area contributed by atoms with Crippen LogP contribution in [0, 0.1) is 17.2 Å². The van der Waals surface area contributed by atoms with Crippen LogP contribution in [-0.2, 0) is 16.8 Å². The van der Waals surface area contributed by atoms with Crippen LogP contribution >= 0.6 is 0 Å². The minimum atomic E-state index is -0.384. The third-order valence-corrected chi connectivity index (χ3v) is 3.91. The molecule has 3 heteroatoms. The van der Waals surface area contributed by atoms with Crippen LogP contribution in [0.4, 0.5) is 0 Å². The van der Waals surface area contributed by atoms with E-state index in [0.717, 1.165) is 17.5 Å². The summed E-state index contributed by atoms with van der Waals surface area (Å²) in [5.74, 6) is 0.278. The van der Waals surface area contributed by atoms with Crippen molar-refractivity contribution in [3.05, 3.63) is 66.0 Å². The Bertz CT molecular complexity index is 606. The number of nitriles is 1. The Morgan fingerprint density at radius 1 is 1.25 bits per heavy atom. The van der Waals surface area contributed by atoms with Gasteiger partial charge in [0.25, 0.3) is 0 Å². The summed E-state index contributed by atoms with van der Waals surface area (Å²) in [6.07, 6.45) is 4.39. The normalized spacial score (nSPS) is 24.1. The van der Waals surface area contributed by atoms with Crippen LogP contribution in [0.5, 0.6) is 0 Å². The van der Waals surface area contributed by atoms with Crippen LogP contribution < -0.4 is 0 Å². The van der Waals surface area contributed by atoms with E-state index < -0.39 is 0 Å². The molecule has 1 aromatic carbocycles. The molecule has 0 spiro atoms. The van der Waals surface area contributed by atoms with Gasteiger partial charge >= 0.3 is 0 Å². The molecular formula is C17H16N2O. The fraction of sp³-hybridized carbons (Fsp3) is 0.294. The molecule has 2 aromatic rings. The molecule has 0 radical (unpaired) electrons. The summed E-state index contributed by atoms with van der Waals surface area (Å²) in [6, 6.07) is 16.4. The Hall–Kier alpha value is -2.18. The molecule has 0 saturated heterocycles. The third kappa shape index (κ3) is 2.43. The summed E-state index contributed by atoms with van der Waals surface area (Å²) in [6.45, 7) is 1.23. The van der Waals surface area contributed by atoms with E-state index in [-0.39, 0.29) is 11.3 Å². The fourth-order valence-electron chi connectivity index (χ4n) is 2.61. The molecular weight excluding hydrogens is 248 g/mol. The first-order valence-electron chi connectivity index (χ1n) is 6.78. The highest BCUT2D eigenvalue weighted by atomic mass is 16.5. The number of hydrogen-bond donors (Lipinski definition) is 0. The van der Waals surface area contributed by atoms with E-state index >= 15 is 0 Å². The van der Waals surface area contributed by atoms with Gasteiger partial charge in [0.2, 0.25) is 0 Å². The maximum absolute atomic E-state index is 9.46. The SMILES string of the molecule is N#C[C@]1(c2cccnc2)C[C@@H]1COCc1ccccc1. The molecule has 0 bridgehead atoms. The Kier molecular flexibility index (Phi) is 3.49. The van der Waals surface area contributed by atoms with Crippen molar-refractivity contribution >= 4 is 0 Å². The van der Waals surface area contributed by atoms with Gasteiger partial charge in [-0.05, 0) is 23.6 Å². The molecule has 100 valence electrons. The number of ether oxygens (including phenoxy) is 1. The van der Waals surface area contributed by atoms with Crippen LogP contribution in [0.2, 0.25) is 0 Å². The van der Waals surface area contributed by atoms with Gasteiger partial charge in [0.15, 0.2) is 0 Å². The first-order valence-corrected chi connectivity index (χ1v) is 6.78. The minimum absolute atomic E-state index is 0.278. The molecule has 1 saturated carbocycles. The van der Waals surface area contributed by atoms with Crippen molar-refractivity contribution in [1.82, 2.24) is 4.98 Å². The van der Waals surface area contributed by atoms with Gasteiger partial charge in [0.05, 0.1) is 24.7 Å². The smallest absolute Gasteiger partial charge is 0.0891 e. The number of pyridine rings is 1. The fourth-order valence-corrected chi connectivity index (χ4v) is 2.61. The van der Waals surface area contributed by atoms with E-state index in [1.807, 2.05) is 42.5 Å². The first kappa shape index (κ1) is 12.8. The van der Waals surface area contributed by atoms with Crippen LogP contribution in [0.15, 0.2) is 54.9 Å². The lowest BCUT2D eigenvalue weighted by atomic mass is 9.97. The lowest BCUT2D eigenvalue weighted by Crippen LogP contribution is -2.11. The predicted octanol–water partition coefficient (Wildman–Crippen LogP) is 3.08.